The predicted octanol–water partition coefficient (Wildman–Crippen LogP) is 1.59. The Morgan fingerprint density at radius 2 is 2.30 bits per heavy atom. The van der Waals surface area contributed by atoms with E-state index in [0.717, 1.165) is 11.3 Å². The van der Waals surface area contributed by atoms with Crippen LogP contribution in [0.5, 0.6) is 0 Å². The molecule has 6 nitrogen and oxygen atoms in total. The van der Waals surface area contributed by atoms with Crippen LogP contribution in [0.15, 0.2) is 29.4 Å². The van der Waals surface area contributed by atoms with Crippen LogP contribution in [0.25, 0.3) is 5.69 Å². The van der Waals surface area contributed by atoms with Crippen LogP contribution in [-0.2, 0) is 4.79 Å². The second-order valence-electron chi connectivity index (χ2n) is 4.37. The normalized spacial score (nSPS) is 12.2. The van der Waals surface area contributed by atoms with E-state index in [-0.39, 0.29) is 11.2 Å². The summed E-state index contributed by atoms with van der Waals surface area (Å²) in [5, 5.41) is 14.8. The van der Waals surface area contributed by atoms with Crippen LogP contribution in [0.4, 0.5) is 0 Å². The maximum atomic E-state index is 11.8. The third kappa shape index (κ3) is 3.36. The van der Waals surface area contributed by atoms with Gasteiger partial charge in [0.1, 0.15) is 0 Å². The molecule has 0 fully saturated rings. The van der Waals surface area contributed by atoms with Crippen molar-refractivity contribution >= 4 is 17.7 Å². The molecule has 2 aromatic rings. The predicted molar refractivity (Wildman–Crippen MR) is 77.9 cm³/mol. The second kappa shape index (κ2) is 6.51. The summed E-state index contributed by atoms with van der Waals surface area (Å²) in [6.45, 7) is 6.36. The molecule has 106 valence electrons. The minimum atomic E-state index is -0.246. The van der Waals surface area contributed by atoms with Gasteiger partial charge in [-0.1, -0.05) is 23.9 Å². The molecule has 0 saturated heterocycles. The van der Waals surface area contributed by atoms with Crippen molar-refractivity contribution < 1.29 is 4.79 Å². The van der Waals surface area contributed by atoms with Gasteiger partial charge in [0.2, 0.25) is 11.1 Å². The number of rotatable bonds is 5. The van der Waals surface area contributed by atoms with Gasteiger partial charge in [-0.15, -0.1) is 5.10 Å². The molecule has 2 rings (SSSR count). The smallest absolute Gasteiger partial charge is 0.233 e. The van der Waals surface area contributed by atoms with Crippen LogP contribution in [0, 0.1) is 6.92 Å². The lowest BCUT2D eigenvalue weighted by atomic mass is 10.2. The van der Waals surface area contributed by atoms with Crippen molar-refractivity contribution in [3.8, 4) is 5.69 Å². The van der Waals surface area contributed by atoms with E-state index in [1.807, 2.05) is 45.0 Å². The molecule has 1 amide bonds. The highest BCUT2D eigenvalue weighted by Crippen LogP contribution is 2.23. The molecule has 1 heterocycles. The lowest BCUT2D eigenvalue weighted by Crippen LogP contribution is -2.30. The average molecular weight is 291 g/mol. The Balaban J connectivity index is 2.19. The van der Waals surface area contributed by atoms with Crippen molar-refractivity contribution in [2.75, 3.05) is 6.54 Å². The van der Waals surface area contributed by atoms with Crippen molar-refractivity contribution in [3.63, 3.8) is 0 Å². The van der Waals surface area contributed by atoms with Gasteiger partial charge in [0, 0.05) is 6.54 Å². The summed E-state index contributed by atoms with van der Waals surface area (Å²) in [4.78, 5) is 11.8. The van der Waals surface area contributed by atoms with E-state index in [1.54, 1.807) is 4.68 Å². The summed E-state index contributed by atoms with van der Waals surface area (Å²) >= 11 is 1.34. The van der Waals surface area contributed by atoms with Gasteiger partial charge < -0.3 is 5.32 Å². The zero-order valence-electron chi connectivity index (χ0n) is 11.7. The van der Waals surface area contributed by atoms with Crippen molar-refractivity contribution in [1.82, 2.24) is 25.5 Å². The standard InChI is InChI=1S/C13H17N5OS/c1-4-14-12(19)10(3)20-13-15-16-17-18(13)11-7-5-6-9(2)8-11/h5-8,10H,4H2,1-3H3,(H,14,19). The Labute approximate surface area is 121 Å². The molecule has 1 aromatic carbocycles. The Bertz CT molecular complexity index is 598. The van der Waals surface area contributed by atoms with Crippen LogP contribution in [0.2, 0.25) is 0 Å². The fraction of sp³-hybridized carbons (Fsp3) is 0.385. The van der Waals surface area contributed by atoms with Gasteiger partial charge in [-0.05, 0) is 48.9 Å². The molecule has 0 saturated carbocycles. The molecule has 0 aliphatic rings. The molecule has 20 heavy (non-hydrogen) atoms. The first kappa shape index (κ1) is 14.5. The van der Waals surface area contributed by atoms with Gasteiger partial charge in [0.05, 0.1) is 10.9 Å². The number of hydrogen-bond donors (Lipinski definition) is 1. The van der Waals surface area contributed by atoms with E-state index in [0.29, 0.717) is 11.7 Å². The Morgan fingerprint density at radius 1 is 1.50 bits per heavy atom. The molecule has 1 N–H and O–H groups in total. The SMILES string of the molecule is CCNC(=O)C(C)Sc1nnnn1-c1cccc(C)c1. The topological polar surface area (TPSA) is 72.7 Å². The van der Waals surface area contributed by atoms with E-state index in [4.69, 9.17) is 0 Å². The van der Waals surface area contributed by atoms with Gasteiger partial charge in [-0.2, -0.15) is 4.68 Å². The molecule has 1 unspecified atom stereocenters. The number of amides is 1. The van der Waals surface area contributed by atoms with Crippen molar-refractivity contribution in [2.24, 2.45) is 0 Å². The molecule has 0 radical (unpaired) electrons. The van der Waals surface area contributed by atoms with Crippen LogP contribution in [0.3, 0.4) is 0 Å². The summed E-state index contributed by atoms with van der Waals surface area (Å²) in [6.07, 6.45) is 0. The monoisotopic (exact) mass is 291 g/mol. The maximum Gasteiger partial charge on any atom is 0.233 e. The van der Waals surface area contributed by atoms with Crippen molar-refractivity contribution in [2.45, 2.75) is 31.2 Å². The van der Waals surface area contributed by atoms with Gasteiger partial charge in [-0.25, -0.2) is 0 Å². The quantitative estimate of drug-likeness (QED) is 0.847. The Kier molecular flexibility index (Phi) is 4.73. The number of carbonyl (C=O) groups excluding carboxylic acids is 1. The Hall–Kier alpha value is -1.89. The number of nitrogens with one attached hydrogen (secondary N) is 1. The number of nitrogens with zero attached hydrogens (tertiary/aromatic N) is 4. The van der Waals surface area contributed by atoms with Crippen LogP contribution in [-0.4, -0.2) is 37.9 Å². The molecule has 0 aliphatic carbocycles. The largest absolute Gasteiger partial charge is 0.355 e. The number of thioether (sulfide) groups is 1. The first-order valence-electron chi connectivity index (χ1n) is 6.41. The second-order valence-corrected chi connectivity index (χ2v) is 5.67. The third-order valence-corrected chi connectivity index (χ3v) is 3.72. The molecule has 7 heteroatoms. The highest BCUT2D eigenvalue weighted by Gasteiger charge is 2.18. The third-order valence-electron chi connectivity index (χ3n) is 2.69. The fourth-order valence-corrected chi connectivity index (χ4v) is 2.54. The maximum absolute atomic E-state index is 11.8. The highest BCUT2D eigenvalue weighted by atomic mass is 32.2. The van der Waals surface area contributed by atoms with Crippen molar-refractivity contribution in [1.29, 1.82) is 0 Å². The summed E-state index contributed by atoms with van der Waals surface area (Å²) in [7, 11) is 0. The number of carbonyl (C=O) groups is 1. The van der Waals surface area contributed by atoms with E-state index in [2.05, 4.69) is 20.8 Å². The lowest BCUT2D eigenvalue weighted by Gasteiger charge is -2.10. The van der Waals surface area contributed by atoms with E-state index in [9.17, 15) is 4.79 Å². The molecule has 1 aromatic heterocycles. The number of tetrazole rings is 1. The number of hydrogen-bond acceptors (Lipinski definition) is 5. The number of aryl methyl sites for hydroxylation is 1. The van der Waals surface area contributed by atoms with Crippen LogP contribution in [0.1, 0.15) is 19.4 Å². The minimum Gasteiger partial charge on any atom is -0.355 e. The zero-order chi connectivity index (χ0) is 14.5. The molecular weight excluding hydrogens is 274 g/mol. The lowest BCUT2D eigenvalue weighted by molar-refractivity contribution is -0.120. The van der Waals surface area contributed by atoms with Crippen molar-refractivity contribution in [3.05, 3.63) is 29.8 Å². The van der Waals surface area contributed by atoms with Crippen LogP contribution >= 0.6 is 11.8 Å². The van der Waals surface area contributed by atoms with E-state index in [1.165, 1.54) is 11.8 Å². The molecule has 1 atom stereocenters. The van der Waals surface area contributed by atoms with Gasteiger partial charge in [0.25, 0.3) is 0 Å². The fourth-order valence-electron chi connectivity index (χ4n) is 1.70. The summed E-state index contributed by atoms with van der Waals surface area (Å²) in [5.41, 5.74) is 2.02. The molecule has 0 aliphatic heterocycles. The summed E-state index contributed by atoms with van der Waals surface area (Å²) in [5.74, 6) is -0.0173. The van der Waals surface area contributed by atoms with Crippen LogP contribution < -0.4 is 5.32 Å². The van der Waals surface area contributed by atoms with E-state index < -0.39 is 0 Å². The zero-order valence-corrected chi connectivity index (χ0v) is 12.5. The van der Waals surface area contributed by atoms with Gasteiger partial charge in [-0.3, -0.25) is 4.79 Å². The molecule has 0 spiro atoms. The Morgan fingerprint density at radius 3 is 3.00 bits per heavy atom. The highest BCUT2D eigenvalue weighted by molar-refractivity contribution is 8.00. The first-order valence-corrected chi connectivity index (χ1v) is 7.29. The summed E-state index contributed by atoms with van der Waals surface area (Å²) < 4.78 is 1.65. The van der Waals surface area contributed by atoms with Gasteiger partial charge in [0.15, 0.2) is 0 Å². The minimum absolute atomic E-state index is 0.0173. The number of aromatic nitrogens is 4. The molecular formula is C13H17N5OS. The van der Waals surface area contributed by atoms with E-state index >= 15 is 0 Å². The summed E-state index contributed by atoms with van der Waals surface area (Å²) in [6, 6.07) is 7.90. The average Bonchev–Trinajstić information content (AvgIpc) is 2.87. The first-order chi connectivity index (χ1) is 9.61. The number of benzene rings is 1. The van der Waals surface area contributed by atoms with Gasteiger partial charge >= 0.3 is 0 Å². The molecule has 0 bridgehead atoms.